The molecule has 2 rings (SSSR count). The summed E-state index contributed by atoms with van der Waals surface area (Å²) < 4.78 is 0. The number of aliphatic carboxylic acids is 1. The number of hydrogen-bond acceptors (Lipinski definition) is 2. The van der Waals surface area contributed by atoms with Crippen LogP contribution in [0.15, 0.2) is 24.3 Å². The van der Waals surface area contributed by atoms with Crippen molar-refractivity contribution in [3.05, 3.63) is 29.8 Å². The first-order chi connectivity index (χ1) is 9.60. The lowest BCUT2D eigenvalue weighted by Crippen LogP contribution is -2.38. The van der Waals surface area contributed by atoms with E-state index in [4.69, 9.17) is 5.11 Å². The smallest absolute Gasteiger partial charge is 0.322 e. The highest BCUT2D eigenvalue weighted by atomic mass is 16.4. The van der Waals surface area contributed by atoms with Crippen molar-refractivity contribution >= 4 is 17.7 Å². The van der Waals surface area contributed by atoms with Gasteiger partial charge in [-0.3, -0.25) is 4.79 Å². The van der Waals surface area contributed by atoms with Crippen LogP contribution in [0.3, 0.4) is 0 Å². The van der Waals surface area contributed by atoms with Crippen molar-refractivity contribution in [2.24, 2.45) is 0 Å². The van der Waals surface area contributed by atoms with Crippen LogP contribution in [0.4, 0.5) is 10.5 Å². The number of carboxylic acids is 1. The first-order valence-corrected chi connectivity index (χ1v) is 6.98. The van der Waals surface area contributed by atoms with Gasteiger partial charge in [-0.25, -0.2) is 4.79 Å². The van der Waals surface area contributed by atoms with E-state index in [1.54, 1.807) is 24.3 Å². The summed E-state index contributed by atoms with van der Waals surface area (Å²) in [5.74, 6) is -0.857. The minimum atomic E-state index is -0.857. The van der Waals surface area contributed by atoms with E-state index < -0.39 is 5.97 Å². The molecular weight excluding hydrogens is 256 g/mol. The van der Waals surface area contributed by atoms with Gasteiger partial charge in [0.15, 0.2) is 0 Å². The van der Waals surface area contributed by atoms with Crippen molar-refractivity contribution in [2.75, 3.05) is 11.9 Å². The summed E-state index contributed by atoms with van der Waals surface area (Å²) in [5.41, 5.74) is 1.42. The van der Waals surface area contributed by atoms with Crippen LogP contribution >= 0.6 is 0 Å². The van der Waals surface area contributed by atoms with E-state index in [0.29, 0.717) is 11.7 Å². The van der Waals surface area contributed by atoms with E-state index in [2.05, 4.69) is 12.2 Å². The van der Waals surface area contributed by atoms with E-state index in [0.717, 1.165) is 31.4 Å². The SMILES string of the molecule is CCC1CCCN1C(=O)Nc1ccc(CC(=O)O)cc1. The molecule has 108 valence electrons. The molecule has 5 heteroatoms. The molecule has 1 atom stereocenters. The van der Waals surface area contributed by atoms with Crippen LogP contribution < -0.4 is 5.32 Å². The lowest BCUT2D eigenvalue weighted by Gasteiger charge is -2.23. The Hall–Kier alpha value is -2.04. The summed E-state index contributed by atoms with van der Waals surface area (Å²) in [6.07, 6.45) is 3.11. The molecule has 1 unspecified atom stereocenters. The van der Waals surface area contributed by atoms with Crippen LogP contribution in [0.5, 0.6) is 0 Å². The van der Waals surface area contributed by atoms with Gasteiger partial charge in [-0.1, -0.05) is 19.1 Å². The number of benzene rings is 1. The Bertz CT molecular complexity index is 484. The highest BCUT2D eigenvalue weighted by Gasteiger charge is 2.27. The molecule has 0 saturated carbocycles. The van der Waals surface area contributed by atoms with E-state index in [9.17, 15) is 9.59 Å². The van der Waals surface area contributed by atoms with E-state index >= 15 is 0 Å². The molecule has 20 heavy (non-hydrogen) atoms. The Morgan fingerprint density at radius 2 is 2.05 bits per heavy atom. The number of carbonyl (C=O) groups excluding carboxylic acids is 1. The summed E-state index contributed by atoms with van der Waals surface area (Å²) in [7, 11) is 0. The van der Waals surface area contributed by atoms with Crippen molar-refractivity contribution < 1.29 is 14.7 Å². The van der Waals surface area contributed by atoms with Crippen LogP contribution in [-0.2, 0) is 11.2 Å². The van der Waals surface area contributed by atoms with E-state index in [1.165, 1.54) is 0 Å². The van der Waals surface area contributed by atoms with Crippen LogP contribution in [0.2, 0.25) is 0 Å². The number of nitrogens with zero attached hydrogens (tertiary/aromatic N) is 1. The average molecular weight is 276 g/mol. The molecule has 0 radical (unpaired) electrons. The maximum absolute atomic E-state index is 12.2. The third kappa shape index (κ3) is 3.50. The molecule has 0 aliphatic carbocycles. The molecule has 1 fully saturated rings. The summed E-state index contributed by atoms with van der Waals surface area (Å²) >= 11 is 0. The number of carboxylic acid groups (broad SMARTS) is 1. The lowest BCUT2D eigenvalue weighted by atomic mass is 10.1. The van der Waals surface area contributed by atoms with Crippen molar-refractivity contribution in [2.45, 2.75) is 38.6 Å². The predicted octanol–water partition coefficient (Wildman–Crippen LogP) is 2.72. The van der Waals surface area contributed by atoms with Crippen LogP contribution in [0, 0.1) is 0 Å². The zero-order valence-corrected chi connectivity index (χ0v) is 11.6. The minimum absolute atomic E-state index is 0.00173. The first kappa shape index (κ1) is 14.4. The van der Waals surface area contributed by atoms with Gasteiger partial charge in [-0.2, -0.15) is 0 Å². The van der Waals surface area contributed by atoms with E-state index in [-0.39, 0.29) is 12.5 Å². The molecule has 5 nitrogen and oxygen atoms in total. The maximum Gasteiger partial charge on any atom is 0.322 e. The van der Waals surface area contributed by atoms with Crippen molar-refractivity contribution in [3.63, 3.8) is 0 Å². The summed E-state index contributed by atoms with van der Waals surface area (Å²) in [6, 6.07) is 7.21. The van der Waals surface area contributed by atoms with Gasteiger partial charge in [0.25, 0.3) is 0 Å². The number of rotatable bonds is 4. The Labute approximate surface area is 118 Å². The Balaban J connectivity index is 1.95. The predicted molar refractivity (Wildman–Crippen MR) is 76.8 cm³/mol. The number of likely N-dealkylation sites (tertiary alicyclic amines) is 1. The van der Waals surface area contributed by atoms with E-state index in [1.807, 2.05) is 4.90 Å². The molecule has 0 spiro atoms. The Morgan fingerprint density at radius 3 is 2.65 bits per heavy atom. The molecule has 0 bridgehead atoms. The second-order valence-corrected chi connectivity index (χ2v) is 5.10. The highest BCUT2D eigenvalue weighted by molar-refractivity contribution is 5.89. The first-order valence-electron chi connectivity index (χ1n) is 6.98. The summed E-state index contributed by atoms with van der Waals surface area (Å²) in [6.45, 7) is 2.90. The number of hydrogen-bond donors (Lipinski definition) is 2. The van der Waals surface area contributed by atoms with Crippen molar-refractivity contribution in [1.82, 2.24) is 4.90 Å². The minimum Gasteiger partial charge on any atom is -0.481 e. The maximum atomic E-state index is 12.2. The monoisotopic (exact) mass is 276 g/mol. The second kappa shape index (κ2) is 6.41. The van der Waals surface area contributed by atoms with Gasteiger partial charge >= 0.3 is 12.0 Å². The fourth-order valence-corrected chi connectivity index (χ4v) is 2.60. The molecule has 1 aromatic carbocycles. The number of urea groups is 1. The quantitative estimate of drug-likeness (QED) is 0.888. The Kier molecular flexibility index (Phi) is 4.61. The molecule has 1 heterocycles. The number of nitrogens with one attached hydrogen (secondary N) is 1. The van der Waals surface area contributed by atoms with Crippen molar-refractivity contribution in [1.29, 1.82) is 0 Å². The van der Waals surface area contributed by atoms with Gasteiger partial charge < -0.3 is 15.3 Å². The Morgan fingerprint density at radius 1 is 1.35 bits per heavy atom. The third-order valence-corrected chi connectivity index (χ3v) is 3.67. The highest BCUT2D eigenvalue weighted by Crippen LogP contribution is 2.21. The summed E-state index contributed by atoms with van der Waals surface area (Å²) in [4.78, 5) is 24.6. The number of carbonyl (C=O) groups is 2. The van der Waals surface area contributed by atoms with Gasteiger partial charge in [0.05, 0.1) is 6.42 Å². The van der Waals surface area contributed by atoms with Crippen LogP contribution in [0.1, 0.15) is 31.7 Å². The van der Waals surface area contributed by atoms with Gasteiger partial charge in [-0.15, -0.1) is 0 Å². The molecule has 1 aliphatic rings. The molecule has 2 amide bonds. The third-order valence-electron chi connectivity index (χ3n) is 3.67. The zero-order chi connectivity index (χ0) is 14.5. The number of amides is 2. The van der Waals surface area contributed by atoms with Crippen molar-refractivity contribution in [3.8, 4) is 0 Å². The van der Waals surface area contributed by atoms with Gasteiger partial charge in [-0.05, 0) is 37.0 Å². The average Bonchev–Trinajstić information content (AvgIpc) is 2.89. The summed E-state index contributed by atoms with van der Waals surface area (Å²) in [5, 5.41) is 11.6. The molecule has 1 aliphatic heterocycles. The van der Waals surface area contributed by atoms with Gasteiger partial charge in [0, 0.05) is 18.3 Å². The molecular formula is C15H20N2O3. The molecule has 2 N–H and O–H groups in total. The molecule has 0 aromatic heterocycles. The van der Waals surface area contributed by atoms with Gasteiger partial charge in [0.1, 0.15) is 0 Å². The largest absolute Gasteiger partial charge is 0.481 e. The topological polar surface area (TPSA) is 69.6 Å². The fourth-order valence-electron chi connectivity index (χ4n) is 2.60. The lowest BCUT2D eigenvalue weighted by molar-refractivity contribution is -0.136. The molecule has 1 saturated heterocycles. The second-order valence-electron chi connectivity index (χ2n) is 5.10. The van der Waals surface area contributed by atoms with Crippen LogP contribution in [-0.4, -0.2) is 34.6 Å². The standard InChI is InChI=1S/C15H20N2O3/c1-2-13-4-3-9-17(13)15(20)16-12-7-5-11(6-8-12)10-14(18)19/h5-8,13H,2-4,9-10H2,1H3,(H,16,20)(H,18,19). The normalized spacial score (nSPS) is 18.1. The number of anilines is 1. The molecule has 1 aromatic rings. The van der Waals surface area contributed by atoms with Crippen LogP contribution in [0.25, 0.3) is 0 Å². The zero-order valence-electron chi connectivity index (χ0n) is 11.6. The van der Waals surface area contributed by atoms with Gasteiger partial charge in [0.2, 0.25) is 0 Å². The fraction of sp³-hybridized carbons (Fsp3) is 0.467.